The van der Waals surface area contributed by atoms with Crippen LogP contribution in [0.25, 0.3) is 10.2 Å². The summed E-state index contributed by atoms with van der Waals surface area (Å²) in [6.07, 6.45) is 3.81. The molecule has 0 aliphatic rings. The number of aromatic nitrogens is 2. The summed E-state index contributed by atoms with van der Waals surface area (Å²) in [6.45, 7) is 2.43. The van der Waals surface area contributed by atoms with Gasteiger partial charge < -0.3 is 14.8 Å². The van der Waals surface area contributed by atoms with Gasteiger partial charge in [0.15, 0.2) is 0 Å². The highest BCUT2D eigenvalue weighted by atomic mass is 32.1. The number of furan rings is 1. The van der Waals surface area contributed by atoms with Crippen LogP contribution in [0.1, 0.15) is 21.0 Å². The van der Waals surface area contributed by atoms with Crippen LogP contribution in [-0.4, -0.2) is 27.6 Å². The summed E-state index contributed by atoms with van der Waals surface area (Å²) < 4.78 is 5.27. The van der Waals surface area contributed by atoms with Gasteiger partial charge in [-0.1, -0.05) is 0 Å². The summed E-state index contributed by atoms with van der Waals surface area (Å²) in [4.78, 5) is 20.6. The van der Waals surface area contributed by atoms with Crippen LogP contribution < -0.4 is 5.32 Å². The van der Waals surface area contributed by atoms with E-state index < -0.39 is 5.97 Å². The maximum atomic E-state index is 11.2. The van der Waals surface area contributed by atoms with Gasteiger partial charge in [0.1, 0.15) is 27.6 Å². The van der Waals surface area contributed by atoms with E-state index in [9.17, 15) is 9.90 Å². The molecule has 0 amide bonds. The maximum absolute atomic E-state index is 11.2. The Morgan fingerprint density at radius 3 is 3.05 bits per heavy atom. The van der Waals surface area contributed by atoms with Crippen molar-refractivity contribution in [2.75, 3.05) is 11.9 Å². The second-order valence-corrected chi connectivity index (χ2v) is 5.52. The van der Waals surface area contributed by atoms with Crippen LogP contribution in [0.4, 0.5) is 5.82 Å². The Balaban J connectivity index is 1.86. The Hall–Kier alpha value is -2.41. The first-order valence-corrected chi connectivity index (χ1v) is 7.22. The summed E-state index contributed by atoms with van der Waals surface area (Å²) in [6, 6.07) is 3.76. The molecule has 6 nitrogen and oxygen atoms in total. The predicted molar refractivity (Wildman–Crippen MR) is 80.0 cm³/mol. The molecule has 108 valence electrons. The van der Waals surface area contributed by atoms with Crippen LogP contribution in [0.2, 0.25) is 0 Å². The smallest absolute Gasteiger partial charge is 0.346 e. The lowest BCUT2D eigenvalue weighted by Gasteiger charge is -2.06. The van der Waals surface area contributed by atoms with E-state index in [1.807, 2.05) is 12.1 Å². The highest BCUT2D eigenvalue weighted by Crippen LogP contribution is 2.33. The molecule has 0 aliphatic heterocycles. The monoisotopic (exact) mass is 303 g/mol. The zero-order valence-corrected chi connectivity index (χ0v) is 12.1. The molecule has 0 saturated heterocycles. The number of nitrogens with zero attached hydrogens (tertiary/aromatic N) is 2. The van der Waals surface area contributed by atoms with Crippen LogP contribution >= 0.6 is 11.3 Å². The molecule has 0 bridgehead atoms. The van der Waals surface area contributed by atoms with Gasteiger partial charge in [0.2, 0.25) is 0 Å². The lowest BCUT2D eigenvalue weighted by molar-refractivity contribution is 0.0701. The van der Waals surface area contributed by atoms with E-state index in [1.165, 1.54) is 17.7 Å². The van der Waals surface area contributed by atoms with E-state index in [2.05, 4.69) is 15.3 Å². The molecule has 21 heavy (non-hydrogen) atoms. The summed E-state index contributed by atoms with van der Waals surface area (Å²) in [5.74, 6) is 0.617. The second kappa shape index (κ2) is 5.53. The number of carboxylic acids is 1. The number of anilines is 1. The standard InChI is InChI=1S/C14H13N3O3S/c1-8-10-12(15-5-4-9-3-2-6-20-9)16-7-17-13(10)21-11(8)14(18)19/h2-3,6-7H,4-5H2,1H3,(H,18,19)(H,15,16,17). The van der Waals surface area contributed by atoms with Gasteiger partial charge in [0.25, 0.3) is 0 Å². The van der Waals surface area contributed by atoms with Crippen LogP contribution in [-0.2, 0) is 6.42 Å². The van der Waals surface area contributed by atoms with Crippen molar-refractivity contribution in [1.29, 1.82) is 0 Å². The summed E-state index contributed by atoms with van der Waals surface area (Å²) >= 11 is 1.17. The Kier molecular flexibility index (Phi) is 3.57. The SMILES string of the molecule is Cc1c(C(=O)O)sc2ncnc(NCCc3ccco3)c12. The summed E-state index contributed by atoms with van der Waals surface area (Å²) in [5, 5.41) is 13.2. The fourth-order valence-corrected chi connectivity index (χ4v) is 3.16. The van der Waals surface area contributed by atoms with Crippen molar-refractivity contribution in [3.05, 3.63) is 40.9 Å². The molecule has 0 spiro atoms. The Labute approximate surface area is 124 Å². The normalized spacial score (nSPS) is 10.9. The van der Waals surface area contributed by atoms with Gasteiger partial charge in [-0.05, 0) is 24.6 Å². The number of rotatable bonds is 5. The van der Waals surface area contributed by atoms with Gasteiger partial charge in [-0.3, -0.25) is 0 Å². The highest BCUT2D eigenvalue weighted by Gasteiger charge is 2.18. The van der Waals surface area contributed by atoms with Crippen molar-refractivity contribution < 1.29 is 14.3 Å². The molecular weight excluding hydrogens is 290 g/mol. The number of hydrogen-bond donors (Lipinski definition) is 2. The molecule has 2 N–H and O–H groups in total. The number of nitrogens with one attached hydrogen (secondary N) is 1. The van der Waals surface area contributed by atoms with Gasteiger partial charge >= 0.3 is 5.97 Å². The Morgan fingerprint density at radius 2 is 2.33 bits per heavy atom. The third-order valence-electron chi connectivity index (χ3n) is 3.17. The molecule has 3 heterocycles. The lowest BCUT2D eigenvalue weighted by atomic mass is 10.2. The number of hydrogen-bond acceptors (Lipinski definition) is 6. The lowest BCUT2D eigenvalue weighted by Crippen LogP contribution is -2.06. The molecule has 0 aliphatic carbocycles. The van der Waals surface area contributed by atoms with Crippen molar-refractivity contribution in [3.8, 4) is 0 Å². The first kappa shape index (κ1) is 13.6. The first-order valence-electron chi connectivity index (χ1n) is 6.40. The molecule has 3 aromatic rings. The van der Waals surface area contributed by atoms with Gasteiger partial charge in [-0.25, -0.2) is 14.8 Å². The zero-order valence-electron chi connectivity index (χ0n) is 11.3. The molecule has 3 aromatic heterocycles. The van der Waals surface area contributed by atoms with Gasteiger partial charge in [-0.15, -0.1) is 11.3 Å². The Bertz CT molecular complexity index is 780. The molecular formula is C14H13N3O3S. The van der Waals surface area contributed by atoms with Crippen LogP contribution in [0, 0.1) is 6.92 Å². The van der Waals surface area contributed by atoms with Crippen molar-refractivity contribution in [2.45, 2.75) is 13.3 Å². The Morgan fingerprint density at radius 1 is 1.48 bits per heavy atom. The number of aryl methyl sites for hydroxylation is 1. The number of carbonyl (C=O) groups is 1. The van der Waals surface area contributed by atoms with E-state index in [1.54, 1.807) is 13.2 Å². The minimum atomic E-state index is -0.933. The number of thiophene rings is 1. The molecule has 0 aromatic carbocycles. The van der Waals surface area contributed by atoms with E-state index >= 15 is 0 Å². The minimum absolute atomic E-state index is 0.305. The number of fused-ring (bicyclic) bond motifs is 1. The molecule has 0 atom stereocenters. The molecule has 0 unspecified atom stereocenters. The quantitative estimate of drug-likeness (QED) is 0.753. The molecule has 0 saturated carbocycles. The predicted octanol–water partition coefficient (Wildman–Crippen LogP) is 2.95. The van der Waals surface area contributed by atoms with Gasteiger partial charge in [-0.2, -0.15) is 0 Å². The zero-order chi connectivity index (χ0) is 14.8. The highest BCUT2D eigenvalue weighted by molar-refractivity contribution is 7.20. The third-order valence-corrected chi connectivity index (χ3v) is 4.35. The molecule has 3 rings (SSSR count). The average molecular weight is 303 g/mol. The van der Waals surface area contributed by atoms with E-state index in [-0.39, 0.29) is 0 Å². The van der Waals surface area contributed by atoms with Crippen molar-refractivity contribution in [1.82, 2.24) is 9.97 Å². The van der Waals surface area contributed by atoms with Gasteiger partial charge in [0.05, 0.1) is 11.6 Å². The summed E-state index contributed by atoms with van der Waals surface area (Å²) in [7, 11) is 0. The van der Waals surface area contributed by atoms with Crippen LogP contribution in [0.15, 0.2) is 29.1 Å². The van der Waals surface area contributed by atoms with E-state index in [0.29, 0.717) is 27.6 Å². The average Bonchev–Trinajstić information content (AvgIpc) is 3.07. The fraction of sp³-hybridized carbons (Fsp3) is 0.214. The minimum Gasteiger partial charge on any atom is -0.477 e. The van der Waals surface area contributed by atoms with Crippen molar-refractivity contribution in [2.24, 2.45) is 0 Å². The molecule has 0 fully saturated rings. The topological polar surface area (TPSA) is 88.2 Å². The van der Waals surface area contributed by atoms with E-state index in [0.717, 1.165) is 17.6 Å². The second-order valence-electron chi connectivity index (χ2n) is 4.52. The van der Waals surface area contributed by atoms with Crippen molar-refractivity contribution in [3.63, 3.8) is 0 Å². The third kappa shape index (κ3) is 2.59. The number of carboxylic acid groups (broad SMARTS) is 1. The number of aromatic carboxylic acids is 1. The maximum Gasteiger partial charge on any atom is 0.346 e. The molecule has 0 radical (unpaired) electrons. The first-order chi connectivity index (χ1) is 10.2. The fourth-order valence-electron chi connectivity index (χ4n) is 2.17. The molecule has 7 heteroatoms. The van der Waals surface area contributed by atoms with E-state index in [4.69, 9.17) is 4.42 Å². The summed E-state index contributed by atoms with van der Waals surface area (Å²) in [5.41, 5.74) is 0.698. The van der Waals surface area contributed by atoms with Crippen LogP contribution in [0.3, 0.4) is 0 Å². The van der Waals surface area contributed by atoms with Crippen molar-refractivity contribution >= 4 is 33.3 Å². The van der Waals surface area contributed by atoms with Crippen LogP contribution in [0.5, 0.6) is 0 Å². The van der Waals surface area contributed by atoms with Gasteiger partial charge in [0, 0.05) is 13.0 Å². The largest absolute Gasteiger partial charge is 0.477 e.